The Hall–Kier alpha value is -2.84. The average molecular weight is 1350 g/mol. The van der Waals surface area contributed by atoms with Crippen molar-refractivity contribution in [3.8, 4) is 0 Å². The number of likely N-dealkylation sites (N-methyl/N-ethyl adjacent to an activating group) is 1. The number of aliphatic hydroxyl groups excluding tert-OH is 1. The van der Waals surface area contributed by atoms with Gasteiger partial charge in [-0.2, -0.15) is 0 Å². The lowest BCUT2D eigenvalue weighted by atomic mass is 10.0. The molecule has 0 heterocycles. The summed E-state index contributed by atoms with van der Waals surface area (Å²) in [5, 5.41) is 14.0. The van der Waals surface area contributed by atoms with Crippen LogP contribution in [0.2, 0.25) is 0 Å². The number of allylic oxidation sites excluding steroid dienone is 17. The van der Waals surface area contributed by atoms with Gasteiger partial charge >= 0.3 is 0 Å². The summed E-state index contributed by atoms with van der Waals surface area (Å²) >= 11 is 0. The second kappa shape index (κ2) is 75.4. The van der Waals surface area contributed by atoms with Crippen molar-refractivity contribution in [3.05, 3.63) is 109 Å². The van der Waals surface area contributed by atoms with Crippen LogP contribution in [0.1, 0.15) is 380 Å². The fourth-order valence-electron chi connectivity index (χ4n) is 12.0. The van der Waals surface area contributed by atoms with Crippen molar-refractivity contribution in [2.24, 2.45) is 0 Å². The van der Waals surface area contributed by atoms with Gasteiger partial charge in [0.25, 0.3) is 7.82 Å². The lowest BCUT2D eigenvalue weighted by molar-refractivity contribution is -0.870. The van der Waals surface area contributed by atoms with Crippen LogP contribution in [0, 0.1) is 0 Å². The van der Waals surface area contributed by atoms with E-state index in [0.717, 1.165) is 89.9 Å². The summed E-state index contributed by atoms with van der Waals surface area (Å²) in [5.74, 6) is -0.194. The standard InChI is InChI=1S/C86H157N2O6P/c1-6-8-10-12-14-16-18-20-22-24-26-28-30-32-34-36-38-40-41-42-43-44-45-46-47-48-50-52-54-56-58-60-62-64-66-68-70-72-74-76-78-80-86(90)87-84(83-94-95(91,92)93-82-81-88(3,4)5)85(89)79-77-75-73-71-69-67-65-63-61-59-57-55-53-51-49-39-37-35-33-31-29-27-25-23-21-19-17-15-13-11-9-7-2/h8,10,14,16,20,22,26,28,32,34,38,40,42-43,45-46,77,79,84-85,89H,6-7,9,11-13,15,17-19,21,23-25,27,29-31,33,35-37,39,41,44,47-76,78,80-83H2,1-5H3,(H-,87,90,91,92)/b10-8-,16-14-,22-20-,28-26-,34-32-,40-38-,43-42-,46-45-,79-77+. The Bertz CT molecular complexity index is 1930. The maximum Gasteiger partial charge on any atom is 0.268 e. The number of hydrogen-bond acceptors (Lipinski definition) is 6. The van der Waals surface area contributed by atoms with E-state index in [1.165, 1.54) is 270 Å². The normalized spacial score (nSPS) is 14.1. The monoisotopic (exact) mass is 1350 g/mol. The number of nitrogens with zero attached hydrogens (tertiary/aromatic N) is 1. The Kier molecular flexibility index (Phi) is 73.1. The summed E-state index contributed by atoms with van der Waals surface area (Å²) < 4.78 is 23.5. The number of carbonyl (C=O) groups excluding carboxylic acids is 1. The van der Waals surface area contributed by atoms with Gasteiger partial charge in [0, 0.05) is 6.42 Å². The first-order valence-electron chi connectivity index (χ1n) is 40.7. The van der Waals surface area contributed by atoms with Gasteiger partial charge in [-0.1, -0.05) is 399 Å². The van der Waals surface area contributed by atoms with E-state index in [2.05, 4.69) is 116 Å². The molecule has 0 aromatic heterocycles. The van der Waals surface area contributed by atoms with E-state index in [1.54, 1.807) is 6.08 Å². The molecule has 0 bridgehead atoms. The minimum Gasteiger partial charge on any atom is -0.756 e. The maximum absolute atomic E-state index is 13.1. The van der Waals surface area contributed by atoms with Gasteiger partial charge in [-0.15, -0.1) is 0 Å². The fraction of sp³-hybridized carbons (Fsp3) is 0.779. The van der Waals surface area contributed by atoms with Gasteiger partial charge < -0.3 is 28.8 Å². The quantitative estimate of drug-likeness (QED) is 0.0272. The number of phosphoric ester groups is 1. The Balaban J connectivity index is 3.99. The summed E-state index contributed by atoms with van der Waals surface area (Å²) in [6, 6.07) is -0.894. The smallest absolute Gasteiger partial charge is 0.268 e. The number of amides is 1. The molecule has 0 fully saturated rings. The molecule has 0 aliphatic heterocycles. The van der Waals surface area contributed by atoms with Crippen molar-refractivity contribution in [2.45, 2.75) is 392 Å². The summed E-state index contributed by atoms with van der Waals surface area (Å²) in [7, 11) is 1.27. The molecule has 0 aromatic rings. The zero-order valence-electron chi connectivity index (χ0n) is 63.4. The van der Waals surface area contributed by atoms with E-state index in [1.807, 2.05) is 27.2 Å². The van der Waals surface area contributed by atoms with E-state index >= 15 is 0 Å². The van der Waals surface area contributed by atoms with Gasteiger partial charge in [-0.3, -0.25) is 9.36 Å². The van der Waals surface area contributed by atoms with Crippen molar-refractivity contribution >= 4 is 13.7 Å². The molecule has 8 nitrogen and oxygen atoms in total. The van der Waals surface area contributed by atoms with Crippen molar-refractivity contribution in [1.82, 2.24) is 5.32 Å². The highest BCUT2D eigenvalue weighted by Crippen LogP contribution is 2.38. The van der Waals surface area contributed by atoms with Crippen LogP contribution in [0.4, 0.5) is 0 Å². The largest absolute Gasteiger partial charge is 0.756 e. The van der Waals surface area contributed by atoms with Gasteiger partial charge in [0.2, 0.25) is 5.91 Å². The topological polar surface area (TPSA) is 108 Å². The van der Waals surface area contributed by atoms with Crippen LogP contribution in [0.25, 0.3) is 0 Å². The Labute approximate surface area is 591 Å². The van der Waals surface area contributed by atoms with Crippen LogP contribution >= 0.6 is 7.82 Å². The summed E-state index contributed by atoms with van der Waals surface area (Å²) in [4.78, 5) is 25.7. The molecule has 95 heavy (non-hydrogen) atoms. The number of carbonyl (C=O) groups is 1. The highest BCUT2D eigenvalue weighted by Gasteiger charge is 2.23. The minimum atomic E-state index is -4.61. The molecule has 2 N–H and O–H groups in total. The molecule has 0 aliphatic rings. The van der Waals surface area contributed by atoms with E-state index in [0.29, 0.717) is 17.4 Å². The molecule has 0 aromatic carbocycles. The number of phosphoric acid groups is 1. The molecule has 3 atom stereocenters. The van der Waals surface area contributed by atoms with Crippen LogP contribution in [0.5, 0.6) is 0 Å². The van der Waals surface area contributed by atoms with E-state index in [-0.39, 0.29) is 19.1 Å². The molecule has 0 rings (SSSR count). The van der Waals surface area contributed by atoms with Crippen LogP contribution in [0.15, 0.2) is 109 Å². The highest BCUT2D eigenvalue weighted by molar-refractivity contribution is 7.45. The van der Waals surface area contributed by atoms with E-state index < -0.39 is 20.0 Å². The summed E-state index contributed by atoms with van der Waals surface area (Å²) in [6.45, 7) is 4.58. The third-order valence-electron chi connectivity index (χ3n) is 18.2. The lowest BCUT2D eigenvalue weighted by Gasteiger charge is -2.29. The SMILES string of the molecule is CC/C=C\C/C=C\C/C=C\C/C=C\C/C=C\C/C=C\C/C=C\C/C=C\CCCCCCCCCCCCCCCCCCC(=O)NC(COP(=O)([O-])OCC[N+](C)(C)C)C(O)/C=C/CCCCCCCCCCCCCCCCCCCCCCCCCCCCCCCC. The first-order valence-corrected chi connectivity index (χ1v) is 42.2. The molecular formula is C86H157N2O6P. The van der Waals surface area contributed by atoms with E-state index in [9.17, 15) is 19.4 Å². The number of quaternary nitrogens is 1. The molecule has 552 valence electrons. The van der Waals surface area contributed by atoms with Gasteiger partial charge in [0.05, 0.1) is 39.9 Å². The predicted molar refractivity (Wildman–Crippen MR) is 417 cm³/mol. The molecule has 0 spiro atoms. The molecule has 3 unspecified atom stereocenters. The average Bonchev–Trinajstić information content (AvgIpc) is 2.01. The van der Waals surface area contributed by atoms with Crippen LogP contribution in [0.3, 0.4) is 0 Å². The number of hydrogen-bond donors (Lipinski definition) is 2. The molecule has 9 heteroatoms. The van der Waals surface area contributed by atoms with Gasteiger partial charge in [0.1, 0.15) is 13.2 Å². The zero-order chi connectivity index (χ0) is 69.0. The minimum absolute atomic E-state index is 0.00291. The van der Waals surface area contributed by atoms with Crippen LogP contribution in [-0.2, 0) is 18.4 Å². The van der Waals surface area contributed by atoms with Gasteiger partial charge in [-0.05, 0) is 83.5 Å². The third-order valence-corrected chi connectivity index (χ3v) is 19.2. The molecule has 0 saturated heterocycles. The van der Waals surface area contributed by atoms with Crippen molar-refractivity contribution in [3.63, 3.8) is 0 Å². The summed E-state index contributed by atoms with van der Waals surface area (Å²) in [5.41, 5.74) is 0. The van der Waals surface area contributed by atoms with Gasteiger partial charge in [0.15, 0.2) is 0 Å². The first kappa shape index (κ1) is 92.2. The second-order valence-electron chi connectivity index (χ2n) is 28.7. The number of rotatable bonds is 75. The van der Waals surface area contributed by atoms with Gasteiger partial charge in [-0.25, -0.2) is 0 Å². The molecule has 0 radical (unpaired) electrons. The van der Waals surface area contributed by atoms with Crippen LogP contribution < -0.4 is 10.2 Å². The van der Waals surface area contributed by atoms with Crippen LogP contribution in [-0.4, -0.2) is 68.5 Å². The predicted octanol–water partition coefficient (Wildman–Crippen LogP) is 26.3. The summed E-state index contributed by atoms with van der Waals surface area (Å²) in [6.07, 6.45) is 111. The van der Waals surface area contributed by atoms with Crippen molar-refractivity contribution in [2.75, 3.05) is 40.9 Å². The number of aliphatic hydroxyl groups is 1. The third kappa shape index (κ3) is 78.4. The molecule has 0 aliphatic carbocycles. The highest BCUT2D eigenvalue weighted by atomic mass is 31.2. The second-order valence-corrected chi connectivity index (χ2v) is 30.2. The molecule has 0 saturated carbocycles. The Morgan fingerprint density at radius 1 is 0.379 bits per heavy atom. The lowest BCUT2D eigenvalue weighted by Crippen LogP contribution is -2.45. The fourth-order valence-corrected chi connectivity index (χ4v) is 12.7. The van der Waals surface area contributed by atoms with Crippen molar-refractivity contribution < 1.29 is 32.9 Å². The van der Waals surface area contributed by atoms with E-state index in [4.69, 9.17) is 9.05 Å². The number of unbranched alkanes of at least 4 members (excludes halogenated alkanes) is 46. The zero-order valence-corrected chi connectivity index (χ0v) is 64.3. The first-order chi connectivity index (χ1) is 46.5. The Morgan fingerprint density at radius 2 is 0.642 bits per heavy atom. The maximum atomic E-state index is 13.1. The number of nitrogens with one attached hydrogen (secondary N) is 1. The Morgan fingerprint density at radius 3 is 0.937 bits per heavy atom. The molecular weight excluding hydrogens is 1190 g/mol. The molecule has 1 amide bonds. The van der Waals surface area contributed by atoms with Crippen molar-refractivity contribution in [1.29, 1.82) is 0 Å².